The van der Waals surface area contributed by atoms with Crippen LogP contribution < -0.4 is 0 Å². The molecule has 1 unspecified atom stereocenters. The van der Waals surface area contributed by atoms with E-state index in [1.165, 1.54) is 0 Å². The largest absolute Gasteiger partial charge is 0.481 e. The first-order chi connectivity index (χ1) is 6.24. The summed E-state index contributed by atoms with van der Waals surface area (Å²) in [6.07, 6.45) is 3.37. The van der Waals surface area contributed by atoms with Gasteiger partial charge in [-0.25, -0.2) is 0 Å². The molecule has 0 fully saturated rings. The topological polar surface area (TPSA) is 55.1 Å². The van der Waals surface area contributed by atoms with Crippen LogP contribution in [0.3, 0.4) is 0 Å². The molecule has 13 heavy (non-hydrogen) atoms. The molecule has 0 aliphatic heterocycles. The average molecular weight is 180 g/mol. The van der Waals surface area contributed by atoms with Crippen molar-refractivity contribution in [1.29, 1.82) is 0 Å². The first kappa shape index (κ1) is 8.29. The molecule has 1 atom stereocenters. The van der Waals surface area contributed by atoms with Crippen molar-refractivity contribution in [3.05, 3.63) is 17.5 Å². The van der Waals surface area contributed by atoms with Crippen molar-refractivity contribution < 1.29 is 9.90 Å². The number of carbonyl (C=O) groups is 1. The first-order valence-corrected chi connectivity index (χ1v) is 4.51. The number of aromatic nitrogens is 2. The van der Waals surface area contributed by atoms with Crippen LogP contribution in [0.1, 0.15) is 30.5 Å². The van der Waals surface area contributed by atoms with E-state index in [9.17, 15) is 4.79 Å². The molecule has 0 saturated carbocycles. The lowest BCUT2D eigenvalue weighted by atomic mass is 10.1. The van der Waals surface area contributed by atoms with Gasteiger partial charge < -0.3 is 5.11 Å². The van der Waals surface area contributed by atoms with Gasteiger partial charge in [-0.1, -0.05) is 0 Å². The highest BCUT2D eigenvalue weighted by molar-refractivity contribution is 5.77. The molecule has 0 saturated heterocycles. The van der Waals surface area contributed by atoms with E-state index in [-0.39, 0.29) is 5.92 Å². The summed E-state index contributed by atoms with van der Waals surface area (Å²) in [6.45, 7) is 2.73. The number of hydrogen-bond donors (Lipinski definition) is 1. The smallest absolute Gasteiger partial charge is 0.312 e. The Hall–Kier alpha value is -1.32. The Balaban J connectivity index is 2.43. The van der Waals surface area contributed by atoms with E-state index in [2.05, 4.69) is 5.10 Å². The maximum absolute atomic E-state index is 10.9. The molecule has 0 amide bonds. The fourth-order valence-electron chi connectivity index (χ4n) is 1.96. The van der Waals surface area contributed by atoms with Gasteiger partial charge in [-0.3, -0.25) is 9.48 Å². The second-order valence-corrected chi connectivity index (χ2v) is 3.30. The molecule has 1 N–H and O–H groups in total. The fraction of sp³-hybridized carbons (Fsp3) is 0.556. The summed E-state index contributed by atoms with van der Waals surface area (Å²) in [5, 5.41) is 13.1. The number of aliphatic carboxylic acids is 1. The number of nitrogens with zero attached hydrogens (tertiary/aromatic N) is 2. The minimum Gasteiger partial charge on any atom is -0.481 e. The number of hydrogen-bond acceptors (Lipinski definition) is 2. The molecule has 0 radical (unpaired) electrons. The standard InChI is InChI=1S/C9H12N2O2/c1-2-11-8-6(5-10-11)3-4-7(8)9(12)13/h5,7H,2-4H2,1H3,(H,12,13). The number of fused-ring (bicyclic) bond motifs is 1. The molecule has 4 nitrogen and oxygen atoms in total. The first-order valence-electron chi connectivity index (χ1n) is 4.51. The molecule has 1 aliphatic carbocycles. The van der Waals surface area contributed by atoms with E-state index in [0.29, 0.717) is 0 Å². The van der Waals surface area contributed by atoms with Crippen molar-refractivity contribution in [3.8, 4) is 0 Å². The zero-order valence-electron chi connectivity index (χ0n) is 7.53. The maximum atomic E-state index is 10.9. The van der Waals surface area contributed by atoms with Crippen LogP contribution in [0.2, 0.25) is 0 Å². The normalized spacial score (nSPS) is 20.2. The van der Waals surface area contributed by atoms with Gasteiger partial charge in [-0.15, -0.1) is 0 Å². The zero-order chi connectivity index (χ0) is 9.42. The maximum Gasteiger partial charge on any atom is 0.312 e. The third kappa shape index (κ3) is 1.13. The third-order valence-electron chi connectivity index (χ3n) is 2.59. The molecule has 0 bridgehead atoms. The summed E-state index contributed by atoms with van der Waals surface area (Å²) in [5.41, 5.74) is 2.02. The Morgan fingerprint density at radius 1 is 1.85 bits per heavy atom. The lowest BCUT2D eigenvalue weighted by Crippen LogP contribution is -2.13. The highest BCUT2D eigenvalue weighted by atomic mass is 16.4. The third-order valence-corrected chi connectivity index (χ3v) is 2.59. The van der Waals surface area contributed by atoms with E-state index in [4.69, 9.17) is 5.11 Å². The molecule has 0 aromatic carbocycles. The summed E-state index contributed by atoms with van der Waals surface area (Å²) in [7, 11) is 0. The number of rotatable bonds is 2. The van der Waals surface area contributed by atoms with E-state index in [1.807, 2.05) is 6.92 Å². The second-order valence-electron chi connectivity index (χ2n) is 3.30. The van der Waals surface area contributed by atoms with Gasteiger partial charge in [0.05, 0.1) is 17.8 Å². The van der Waals surface area contributed by atoms with Crippen LogP contribution in [0.15, 0.2) is 6.20 Å². The summed E-state index contributed by atoms with van der Waals surface area (Å²) < 4.78 is 1.79. The van der Waals surface area contributed by atoms with Crippen molar-refractivity contribution >= 4 is 5.97 Å². The number of aryl methyl sites for hydroxylation is 2. The minimum absolute atomic E-state index is 0.336. The lowest BCUT2D eigenvalue weighted by Gasteiger charge is -2.07. The van der Waals surface area contributed by atoms with Gasteiger partial charge in [0.25, 0.3) is 0 Å². The summed E-state index contributed by atoms with van der Waals surface area (Å²) >= 11 is 0. The summed E-state index contributed by atoms with van der Waals surface area (Å²) in [4.78, 5) is 10.9. The van der Waals surface area contributed by atoms with Crippen LogP contribution in [-0.4, -0.2) is 20.9 Å². The lowest BCUT2D eigenvalue weighted by molar-refractivity contribution is -0.138. The Labute approximate surface area is 76.2 Å². The molecular weight excluding hydrogens is 168 g/mol. The fourth-order valence-corrected chi connectivity index (χ4v) is 1.96. The van der Waals surface area contributed by atoms with Crippen molar-refractivity contribution in [3.63, 3.8) is 0 Å². The summed E-state index contributed by atoms with van der Waals surface area (Å²) in [6, 6.07) is 0. The van der Waals surface area contributed by atoms with Gasteiger partial charge in [-0.2, -0.15) is 5.10 Å². The van der Waals surface area contributed by atoms with Gasteiger partial charge in [0.2, 0.25) is 0 Å². The van der Waals surface area contributed by atoms with Crippen LogP contribution in [0.5, 0.6) is 0 Å². The van der Waals surface area contributed by atoms with Crippen molar-refractivity contribution in [2.45, 2.75) is 32.2 Å². The second kappa shape index (κ2) is 2.87. The SMILES string of the molecule is CCn1ncc2c1C(C(=O)O)CC2. The molecule has 1 aliphatic rings. The van der Waals surface area contributed by atoms with Crippen molar-refractivity contribution in [2.24, 2.45) is 0 Å². The summed E-state index contributed by atoms with van der Waals surface area (Å²) in [5.74, 6) is -1.06. The number of carboxylic acid groups (broad SMARTS) is 1. The van der Waals surface area contributed by atoms with Gasteiger partial charge in [0, 0.05) is 6.54 Å². The predicted molar refractivity (Wildman–Crippen MR) is 46.6 cm³/mol. The average Bonchev–Trinajstić information content (AvgIpc) is 2.61. The Kier molecular flexibility index (Phi) is 1.83. The van der Waals surface area contributed by atoms with Crippen LogP contribution in [0.4, 0.5) is 0 Å². The molecule has 1 heterocycles. The van der Waals surface area contributed by atoms with Crippen LogP contribution in [0, 0.1) is 0 Å². The molecule has 1 aromatic heterocycles. The minimum atomic E-state index is -0.728. The van der Waals surface area contributed by atoms with Crippen LogP contribution in [0.25, 0.3) is 0 Å². The molecule has 70 valence electrons. The molecular formula is C9H12N2O2. The molecule has 4 heteroatoms. The highest BCUT2D eigenvalue weighted by Crippen LogP contribution is 2.32. The Morgan fingerprint density at radius 3 is 3.23 bits per heavy atom. The predicted octanol–water partition coefficient (Wildman–Crippen LogP) is 1.02. The van der Waals surface area contributed by atoms with Crippen molar-refractivity contribution in [1.82, 2.24) is 9.78 Å². The van der Waals surface area contributed by atoms with Gasteiger partial charge in [-0.05, 0) is 25.3 Å². The molecule has 2 rings (SSSR count). The van der Waals surface area contributed by atoms with Crippen LogP contribution >= 0.6 is 0 Å². The van der Waals surface area contributed by atoms with Gasteiger partial charge in [0.1, 0.15) is 0 Å². The van der Waals surface area contributed by atoms with E-state index in [1.54, 1.807) is 10.9 Å². The monoisotopic (exact) mass is 180 g/mol. The molecule has 0 spiro atoms. The highest BCUT2D eigenvalue weighted by Gasteiger charge is 2.31. The quantitative estimate of drug-likeness (QED) is 0.739. The number of carboxylic acids is 1. The van der Waals surface area contributed by atoms with E-state index < -0.39 is 5.97 Å². The van der Waals surface area contributed by atoms with Gasteiger partial charge in [0.15, 0.2) is 0 Å². The van der Waals surface area contributed by atoms with E-state index in [0.717, 1.165) is 30.6 Å². The Morgan fingerprint density at radius 2 is 2.62 bits per heavy atom. The van der Waals surface area contributed by atoms with E-state index >= 15 is 0 Å². The molecule has 1 aromatic rings. The van der Waals surface area contributed by atoms with Crippen LogP contribution in [-0.2, 0) is 17.8 Å². The van der Waals surface area contributed by atoms with Gasteiger partial charge >= 0.3 is 5.97 Å². The zero-order valence-corrected chi connectivity index (χ0v) is 7.53. The van der Waals surface area contributed by atoms with Crippen molar-refractivity contribution in [2.75, 3.05) is 0 Å². The Bertz CT molecular complexity index is 343.